The van der Waals surface area contributed by atoms with Gasteiger partial charge in [-0.1, -0.05) is 18.2 Å². The number of nitriles is 1. The Balaban J connectivity index is 1.89. The van der Waals surface area contributed by atoms with Crippen LogP contribution < -0.4 is 5.32 Å². The Hall–Kier alpha value is -2.87. The lowest BCUT2D eigenvalue weighted by molar-refractivity contribution is 0.525. The molecule has 0 amide bonds. The van der Waals surface area contributed by atoms with Gasteiger partial charge in [0.05, 0.1) is 6.04 Å². The first kappa shape index (κ1) is 12.2. The average Bonchev–Trinajstić information content (AvgIpc) is 2.92. The fraction of sp³-hybridized carbons (Fsp3) is 0.133. The molecule has 2 heterocycles. The van der Waals surface area contributed by atoms with E-state index in [1.54, 1.807) is 6.20 Å². The van der Waals surface area contributed by atoms with E-state index in [1.165, 1.54) is 6.20 Å². The van der Waals surface area contributed by atoms with Gasteiger partial charge >= 0.3 is 0 Å². The molecule has 1 atom stereocenters. The Kier molecular flexibility index (Phi) is 3.05. The van der Waals surface area contributed by atoms with Gasteiger partial charge in [-0.2, -0.15) is 5.26 Å². The largest absolute Gasteiger partial charge is 0.459 e. The van der Waals surface area contributed by atoms with Crippen molar-refractivity contribution >= 4 is 16.8 Å². The van der Waals surface area contributed by atoms with Crippen molar-refractivity contribution in [3.63, 3.8) is 0 Å². The summed E-state index contributed by atoms with van der Waals surface area (Å²) in [6.07, 6.45) is 3.05. The zero-order valence-corrected chi connectivity index (χ0v) is 10.9. The van der Waals surface area contributed by atoms with E-state index < -0.39 is 0 Å². The number of hydrogen-bond acceptors (Lipinski definition) is 5. The Bertz CT molecular complexity index is 755. The van der Waals surface area contributed by atoms with Crippen LogP contribution in [0.2, 0.25) is 0 Å². The van der Waals surface area contributed by atoms with Crippen molar-refractivity contribution in [1.82, 2.24) is 9.97 Å². The molecule has 3 aromatic rings. The fourth-order valence-electron chi connectivity index (χ4n) is 2.02. The van der Waals surface area contributed by atoms with Crippen LogP contribution in [0.5, 0.6) is 0 Å². The van der Waals surface area contributed by atoms with Crippen LogP contribution >= 0.6 is 0 Å². The van der Waals surface area contributed by atoms with Crippen molar-refractivity contribution in [2.24, 2.45) is 0 Å². The van der Waals surface area contributed by atoms with E-state index in [0.717, 1.165) is 16.7 Å². The van der Waals surface area contributed by atoms with E-state index >= 15 is 0 Å². The first-order valence-electron chi connectivity index (χ1n) is 6.24. The maximum Gasteiger partial charge on any atom is 0.182 e. The lowest BCUT2D eigenvalue weighted by atomic mass is 10.2. The summed E-state index contributed by atoms with van der Waals surface area (Å²) >= 11 is 0. The van der Waals surface area contributed by atoms with E-state index in [0.29, 0.717) is 5.82 Å². The van der Waals surface area contributed by atoms with Gasteiger partial charge in [0.2, 0.25) is 0 Å². The zero-order chi connectivity index (χ0) is 13.9. The summed E-state index contributed by atoms with van der Waals surface area (Å²) in [5.41, 5.74) is 1.12. The highest BCUT2D eigenvalue weighted by Crippen LogP contribution is 2.26. The number of nitrogens with zero attached hydrogens (tertiary/aromatic N) is 3. The number of fused-ring (bicyclic) bond motifs is 1. The van der Waals surface area contributed by atoms with Gasteiger partial charge in [0.15, 0.2) is 11.5 Å². The van der Waals surface area contributed by atoms with Crippen LogP contribution in [0.4, 0.5) is 5.82 Å². The van der Waals surface area contributed by atoms with Gasteiger partial charge < -0.3 is 9.73 Å². The van der Waals surface area contributed by atoms with Crippen molar-refractivity contribution in [3.05, 3.63) is 54.2 Å². The summed E-state index contributed by atoms with van der Waals surface area (Å²) in [5, 5.41) is 13.2. The van der Waals surface area contributed by atoms with E-state index in [1.807, 2.05) is 43.3 Å². The second-order valence-electron chi connectivity index (χ2n) is 4.42. The van der Waals surface area contributed by atoms with E-state index in [4.69, 9.17) is 9.68 Å². The fourth-order valence-corrected chi connectivity index (χ4v) is 2.02. The molecule has 5 nitrogen and oxygen atoms in total. The first-order valence-corrected chi connectivity index (χ1v) is 6.24. The maximum atomic E-state index is 9.00. The lowest BCUT2D eigenvalue weighted by Crippen LogP contribution is -2.09. The van der Waals surface area contributed by atoms with E-state index in [-0.39, 0.29) is 11.7 Å². The second-order valence-corrected chi connectivity index (χ2v) is 4.42. The number of rotatable bonds is 3. The third-order valence-corrected chi connectivity index (χ3v) is 3.03. The average molecular weight is 264 g/mol. The van der Waals surface area contributed by atoms with Crippen molar-refractivity contribution in [2.45, 2.75) is 13.0 Å². The quantitative estimate of drug-likeness (QED) is 0.785. The second kappa shape index (κ2) is 5.02. The zero-order valence-electron chi connectivity index (χ0n) is 10.9. The maximum absolute atomic E-state index is 9.00. The molecule has 2 aromatic heterocycles. The number of para-hydroxylation sites is 1. The minimum Gasteiger partial charge on any atom is -0.459 e. The normalized spacial score (nSPS) is 12.0. The van der Waals surface area contributed by atoms with Gasteiger partial charge in [0, 0.05) is 17.8 Å². The van der Waals surface area contributed by atoms with Crippen LogP contribution in [0.15, 0.2) is 47.1 Å². The van der Waals surface area contributed by atoms with Crippen molar-refractivity contribution in [1.29, 1.82) is 5.26 Å². The van der Waals surface area contributed by atoms with Crippen LogP contribution in [-0.4, -0.2) is 9.97 Å². The highest BCUT2D eigenvalue weighted by molar-refractivity contribution is 5.77. The number of benzene rings is 1. The number of furan rings is 1. The summed E-state index contributed by atoms with van der Waals surface area (Å²) in [4.78, 5) is 8.10. The van der Waals surface area contributed by atoms with Crippen LogP contribution in [0.25, 0.3) is 11.0 Å². The minimum absolute atomic E-state index is 0.105. The molecule has 0 spiro atoms. The molecule has 3 rings (SSSR count). The van der Waals surface area contributed by atoms with Gasteiger partial charge in [0.25, 0.3) is 0 Å². The van der Waals surface area contributed by atoms with Gasteiger partial charge in [0.1, 0.15) is 17.4 Å². The number of hydrogen-bond donors (Lipinski definition) is 1. The molecule has 0 unspecified atom stereocenters. The van der Waals surface area contributed by atoms with Crippen LogP contribution in [0, 0.1) is 11.3 Å². The summed E-state index contributed by atoms with van der Waals surface area (Å²) in [6, 6.07) is 11.7. The Morgan fingerprint density at radius 1 is 1.25 bits per heavy atom. The molecule has 1 aromatic carbocycles. The van der Waals surface area contributed by atoms with Gasteiger partial charge in [-0.05, 0) is 19.1 Å². The molecule has 5 heteroatoms. The Labute approximate surface area is 115 Å². The van der Waals surface area contributed by atoms with E-state index in [9.17, 15) is 0 Å². The lowest BCUT2D eigenvalue weighted by Gasteiger charge is -2.12. The number of nitrogens with one attached hydrogen (secondary N) is 1. The standard InChI is InChI=1S/C15H12N4O/c1-10(19-15-12(9-16)17-6-7-18-15)14-8-11-4-2-3-5-13(11)20-14/h2-8,10H,1H3,(H,18,19)/t10-/m1/s1. The molecule has 0 aliphatic heterocycles. The molecule has 0 saturated heterocycles. The summed E-state index contributed by atoms with van der Waals surface area (Å²) < 4.78 is 5.78. The highest BCUT2D eigenvalue weighted by Gasteiger charge is 2.14. The molecule has 1 N–H and O–H groups in total. The van der Waals surface area contributed by atoms with E-state index in [2.05, 4.69) is 15.3 Å². The van der Waals surface area contributed by atoms with Crippen molar-refractivity contribution < 1.29 is 4.42 Å². The van der Waals surface area contributed by atoms with Crippen LogP contribution in [0.3, 0.4) is 0 Å². The summed E-state index contributed by atoms with van der Waals surface area (Å²) in [7, 11) is 0. The van der Waals surface area contributed by atoms with Crippen LogP contribution in [0.1, 0.15) is 24.4 Å². The molecular weight excluding hydrogens is 252 g/mol. The highest BCUT2D eigenvalue weighted by atomic mass is 16.3. The molecule has 0 bridgehead atoms. The van der Waals surface area contributed by atoms with Gasteiger partial charge in [-0.15, -0.1) is 0 Å². The monoisotopic (exact) mass is 264 g/mol. The molecular formula is C15H12N4O. The molecule has 0 aliphatic carbocycles. The molecule has 0 radical (unpaired) electrons. The Morgan fingerprint density at radius 3 is 2.85 bits per heavy atom. The first-order chi connectivity index (χ1) is 9.78. The molecule has 0 fully saturated rings. The van der Waals surface area contributed by atoms with Gasteiger partial charge in [-0.3, -0.25) is 0 Å². The smallest absolute Gasteiger partial charge is 0.182 e. The molecule has 98 valence electrons. The number of aromatic nitrogens is 2. The van der Waals surface area contributed by atoms with Gasteiger partial charge in [-0.25, -0.2) is 9.97 Å². The summed E-state index contributed by atoms with van der Waals surface area (Å²) in [6.45, 7) is 1.95. The third kappa shape index (κ3) is 2.19. The Morgan fingerprint density at radius 2 is 2.05 bits per heavy atom. The summed E-state index contributed by atoms with van der Waals surface area (Å²) in [5.74, 6) is 1.25. The number of anilines is 1. The molecule has 0 saturated carbocycles. The van der Waals surface area contributed by atoms with Crippen molar-refractivity contribution in [2.75, 3.05) is 5.32 Å². The van der Waals surface area contributed by atoms with Crippen LogP contribution in [-0.2, 0) is 0 Å². The topological polar surface area (TPSA) is 74.7 Å². The predicted molar refractivity (Wildman–Crippen MR) is 75.0 cm³/mol. The third-order valence-electron chi connectivity index (χ3n) is 3.03. The SMILES string of the molecule is C[C@@H](Nc1nccnc1C#N)c1cc2ccccc2o1. The minimum atomic E-state index is -0.105. The molecule has 20 heavy (non-hydrogen) atoms. The predicted octanol–water partition coefficient (Wildman–Crippen LogP) is 3.27. The molecule has 0 aliphatic rings. The van der Waals surface area contributed by atoms with Crippen molar-refractivity contribution in [3.8, 4) is 6.07 Å².